The molecule has 0 aliphatic carbocycles. The molecule has 0 saturated carbocycles. The van der Waals surface area contributed by atoms with E-state index in [4.69, 9.17) is 5.73 Å². The summed E-state index contributed by atoms with van der Waals surface area (Å²) in [4.78, 5) is 11.6. The minimum Gasteiger partial charge on any atom is -0.382 e. The molecule has 0 radical (unpaired) electrons. The number of halogens is 1. The molecule has 0 unspecified atom stereocenters. The van der Waals surface area contributed by atoms with Crippen molar-refractivity contribution in [3.8, 4) is 0 Å². The number of Topliss-reactive ketones (excluding diaryl/α,β-unsaturated/α-hetero) is 1. The molecule has 0 heterocycles. The molecular weight excluding hydrogens is 197 g/mol. The second kappa shape index (κ2) is 5.58. The summed E-state index contributed by atoms with van der Waals surface area (Å²) in [5.41, 5.74) is 5.89. The Morgan fingerprint density at radius 1 is 1.47 bits per heavy atom. The zero-order chi connectivity index (χ0) is 11.3. The number of ketones is 1. The Labute approximate surface area is 88.0 Å². The molecule has 1 rings (SSSR count). The van der Waals surface area contributed by atoms with Crippen molar-refractivity contribution in [2.45, 2.75) is 12.2 Å². The van der Waals surface area contributed by atoms with Crippen LogP contribution in [0.15, 0.2) is 30.3 Å². The summed E-state index contributed by atoms with van der Waals surface area (Å²) in [6.45, 7) is -0.167. The highest BCUT2D eigenvalue weighted by Crippen LogP contribution is 2.07. The summed E-state index contributed by atoms with van der Waals surface area (Å²) in [6.07, 6.45) is -1.47. The van der Waals surface area contributed by atoms with E-state index in [0.717, 1.165) is 0 Å². The highest BCUT2D eigenvalue weighted by Gasteiger charge is 2.24. The topological polar surface area (TPSA) is 52.3 Å². The molecule has 0 spiro atoms. The average molecular weight is 211 g/mol. The van der Waals surface area contributed by atoms with Gasteiger partial charge in [-0.2, -0.15) is 0 Å². The molecule has 1 aromatic carbocycles. The first-order valence-electron chi connectivity index (χ1n) is 4.64. The number of methoxy groups -OCH3 is 1. The zero-order valence-corrected chi connectivity index (χ0v) is 8.52. The van der Waals surface area contributed by atoms with Gasteiger partial charge in [0.2, 0.25) is 0 Å². The van der Waals surface area contributed by atoms with Gasteiger partial charge in [-0.1, -0.05) is 30.3 Å². The van der Waals surface area contributed by atoms with E-state index >= 15 is 0 Å². The minimum atomic E-state index is -1.47. The monoisotopic (exact) mass is 211 g/mol. The van der Waals surface area contributed by atoms with Gasteiger partial charge >= 0.3 is 0 Å². The number of ether oxygens (including phenoxy) is 1. The van der Waals surface area contributed by atoms with Crippen LogP contribution in [0.5, 0.6) is 0 Å². The van der Waals surface area contributed by atoms with Crippen molar-refractivity contribution < 1.29 is 13.9 Å². The summed E-state index contributed by atoms with van der Waals surface area (Å²) in [7, 11) is 1.37. The number of hydrogen-bond acceptors (Lipinski definition) is 3. The summed E-state index contributed by atoms with van der Waals surface area (Å²) >= 11 is 0. The van der Waals surface area contributed by atoms with E-state index in [-0.39, 0.29) is 6.61 Å². The molecule has 0 saturated heterocycles. The first-order chi connectivity index (χ1) is 7.16. The Balaban J connectivity index is 2.69. The fourth-order valence-electron chi connectivity index (χ4n) is 1.22. The van der Waals surface area contributed by atoms with Crippen LogP contribution < -0.4 is 5.73 Å². The zero-order valence-electron chi connectivity index (χ0n) is 8.52. The predicted molar refractivity (Wildman–Crippen MR) is 55.5 cm³/mol. The van der Waals surface area contributed by atoms with Crippen LogP contribution in [-0.4, -0.2) is 31.7 Å². The highest BCUT2D eigenvalue weighted by atomic mass is 19.1. The number of rotatable bonds is 5. The lowest BCUT2D eigenvalue weighted by Crippen LogP contribution is -2.41. The minimum absolute atomic E-state index is 0.167. The van der Waals surface area contributed by atoms with E-state index in [1.165, 1.54) is 7.11 Å². The Kier molecular flexibility index (Phi) is 4.39. The van der Waals surface area contributed by atoms with Crippen LogP contribution in [0.1, 0.15) is 10.4 Å². The number of hydrogen-bond donors (Lipinski definition) is 1. The van der Waals surface area contributed by atoms with Gasteiger partial charge in [0.15, 0.2) is 5.78 Å². The van der Waals surface area contributed by atoms with E-state index in [1.54, 1.807) is 30.3 Å². The van der Waals surface area contributed by atoms with Crippen LogP contribution in [0.2, 0.25) is 0 Å². The van der Waals surface area contributed by atoms with Gasteiger partial charge in [0.05, 0.1) is 6.61 Å². The molecule has 0 fully saturated rings. The van der Waals surface area contributed by atoms with Crippen molar-refractivity contribution >= 4 is 5.78 Å². The van der Waals surface area contributed by atoms with E-state index in [2.05, 4.69) is 4.74 Å². The lowest BCUT2D eigenvalue weighted by atomic mass is 10.0. The third kappa shape index (κ3) is 3.11. The fourth-order valence-corrected chi connectivity index (χ4v) is 1.22. The first-order valence-corrected chi connectivity index (χ1v) is 4.64. The average Bonchev–Trinajstić information content (AvgIpc) is 2.28. The molecule has 3 nitrogen and oxygen atoms in total. The molecule has 15 heavy (non-hydrogen) atoms. The number of nitrogens with two attached hydrogens (primary N) is 1. The maximum absolute atomic E-state index is 13.3. The lowest BCUT2D eigenvalue weighted by molar-refractivity contribution is 0.0783. The van der Waals surface area contributed by atoms with Crippen LogP contribution in [0.3, 0.4) is 0 Å². The van der Waals surface area contributed by atoms with Gasteiger partial charge in [0, 0.05) is 12.7 Å². The summed E-state index contributed by atoms with van der Waals surface area (Å²) in [6, 6.07) is 7.27. The van der Waals surface area contributed by atoms with Gasteiger partial charge in [-0.05, 0) is 0 Å². The maximum Gasteiger partial charge on any atom is 0.182 e. The van der Waals surface area contributed by atoms with Crippen LogP contribution in [0.25, 0.3) is 0 Å². The summed E-state index contributed by atoms with van der Waals surface area (Å²) in [5, 5.41) is 0. The molecule has 1 aromatic rings. The number of carbonyl (C=O) groups excluding carboxylic acids is 1. The van der Waals surface area contributed by atoms with Crippen molar-refractivity contribution in [2.75, 3.05) is 13.7 Å². The van der Waals surface area contributed by atoms with Gasteiger partial charge in [0.1, 0.15) is 12.2 Å². The second-order valence-electron chi connectivity index (χ2n) is 3.23. The van der Waals surface area contributed by atoms with Gasteiger partial charge in [-0.25, -0.2) is 4.39 Å². The van der Waals surface area contributed by atoms with Gasteiger partial charge in [-0.15, -0.1) is 0 Å². The maximum atomic E-state index is 13.3. The van der Waals surface area contributed by atoms with Gasteiger partial charge < -0.3 is 10.5 Å². The lowest BCUT2D eigenvalue weighted by Gasteiger charge is -2.14. The number of alkyl halides is 1. The van der Waals surface area contributed by atoms with Crippen molar-refractivity contribution in [3.63, 3.8) is 0 Å². The molecule has 0 aliphatic heterocycles. The SMILES string of the molecule is COC[C@@H](F)[C@@H](N)C(=O)c1ccccc1. The Morgan fingerprint density at radius 2 is 2.07 bits per heavy atom. The van der Waals surface area contributed by atoms with Crippen molar-refractivity contribution in [2.24, 2.45) is 5.73 Å². The molecule has 0 amide bonds. The van der Waals surface area contributed by atoms with E-state index in [0.29, 0.717) is 5.56 Å². The first kappa shape index (κ1) is 11.8. The largest absolute Gasteiger partial charge is 0.382 e. The normalized spacial score (nSPS) is 14.6. The number of benzene rings is 1. The molecule has 2 atom stereocenters. The molecule has 0 bridgehead atoms. The van der Waals surface area contributed by atoms with Crippen LogP contribution in [-0.2, 0) is 4.74 Å². The standard InChI is InChI=1S/C11H14FNO2/c1-15-7-9(12)10(13)11(14)8-5-3-2-4-6-8/h2-6,9-10H,7,13H2,1H3/t9-,10-/m1/s1. The van der Waals surface area contributed by atoms with Crippen molar-refractivity contribution in [1.29, 1.82) is 0 Å². The van der Waals surface area contributed by atoms with E-state index in [9.17, 15) is 9.18 Å². The number of carbonyl (C=O) groups is 1. The Bertz CT molecular complexity index is 316. The van der Waals surface area contributed by atoms with Crippen molar-refractivity contribution in [1.82, 2.24) is 0 Å². The van der Waals surface area contributed by atoms with E-state index < -0.39 is 18.0 Å². The van der Waals surface area contributed by atoms with E-state index in [1.807, 2.05) is 0 Å². The molecule has 4 heteroatoms. The fraction of sp³-hybridized carbons (Fsp3) is 0.364. The van der Waals surface area contributed by atoms with Crippen LogP contribution in [0.4, 0.5) is 4.39 Å². The molecular formula is C11H14FNO2. The van der Waals surface area contributed by atoms with Crippen molar-refractivity contribution in [3.05, 3.63) is 35.9 Å². The third-order valence-electron chi connectivity index (χ3n) is 2.08. The molecule has 82 valence electrons. The third-order valence-corrected chi connectivity index (χ3v) is 2.08. The summed E-state index contributed by atoms with van der Waals surface area (Å²) < 4.78 is 17.9. The van der Waals surface area contributed by atoms with Gasteiger partial charge in [0.25, 0.3) is 0 Å². The second-order valence-corrected chi connectivity index (χ2v) is 3.23. The molecule has 0 aliphatic rings. The Hall–Kier alpha value is -1.26. The summed E-state index contributed by atoms with van der Waals surface area (Å²) in [5.74, 6) is -0.403. The highest BCUT2D eigenvalue weighted by molar-refractivity contribution is 6.00. The van der Waals surface area contributed by atoms with Gasteiger partial charge in [-0.3, -0.25) is 4.79 Å². The molecule has 0 aromatic heterocycles. The smallest absolute Gasteiger partial charge is 0.182 e. The van der Waals surface area contributed by atoms with Crippen LogP contribution >= 0.6 is 0 Å². The predicted octanol–water partition coefficient (Wildman–Crippen LogP) is 1.18. The quantitative estimate of drug-likeness (QED) is 0.744. The molecule has 2 N–H and O–H groups in total. The van der Waals surface area contributed by atoms with Crippen LogP contribution in [0, 0.1) is 0 Å². The Morgan fingerprint density at radius 3 is 2.60 bits per heavy atom.